The van der Waals surface area contributed by atoms with Crippen molar-refractivity contribution in [3.8, 4) is 0 Å². The minimum absolute atomic E-state index is 0.0692. The third kappa shape index (κ3) is 2.10. The number of aliphatic hydroxyl groups is 1. The maximum Gasteiger partial charge on any atom is 0.168 e. The smallest absolute Gasteiger partial charge is 0.168 e. The molecule has 2 unspecified atom stereocenters. The van der Waals surface area contributed by atoms with E-state index in [2.05, 4.69) is 5.32 Å². The van der Waals surface area contributed by atoms with E-state index in [-0.39, 0.29) is 44.2 Å². The number of fused-ring (bicyclic) bond motifs is 2. The number of piperidine rings is 1. The third-order valence-corrected chi connectivity index (χ3v) is 3.85. The largest absolute Gasteiger partial charge is 0.385 e. The molecule has 3 nitrogen and oxygen atoms in total. The van der Waals surface area contributed by atoms with Crippen LogP contribution >= 0.6 is 0 Å². The first-order valence-electron chi connectivity index (χ1n) is 6.30. The molecule has 2 aliphatic rings. The van der Waals surface area contributed by atoms with Crippen LogP contribution < -0.4 is 5.32 Å². The minimum Gasteiger partial charge on any atom is -0.385 e. The number of ether oxygens (including phenoxy) is 1. The Bertz CT molecular complexity index is 513. The lowest BCUT2D eigenvalue weighted by Crippen LogP contribution is -2.59. The monoisotopic (exact) mass is 291 g/mol. The lowest BCUT2D eigenvalue weighted by Gasteiger charge is -2.45. The second kappa shape index (κ2) is 4.68. The Morgan fingerprint density at radius 1 is 1.05 bits per heavy atom. The van der Waals surface area contributed by atoms with Crippen LogP contribution in [0, 0.1) is 23.3 Å². The van der Waals surface area contributed by atoms with Gasteiger partial charge in [-0.1, -0.05) is 0 Å². The summed E-state index contributed by atoms with van der Waals surface area (Å²) in [6, 6.07) is -0.474. The molecule has 0 radical (unpaired) electrons. The van der Waals surface area contributed by atoms with Crippen LogP contribution in [0.4, 0.5) is 17.6 Å². The minimum atomic E-state index is -1.94. The van der Waals surface area contributed by atoms with Crippen LogP contribution in [0.15, 0.2) is 6.07 Å². The summed E-state index contributed by atoms with van der Waals surface area (Å²) in [5.74, 6) is -6.08. The standard InChI is InChI=1S/C13H13F4NO2/c14-8-1-9(15)12(17)10(11(8)16)13(19)2-6-4-20-5-7(3-13)18-6/h1,6-7,18-19H,2-5H2. The molecule has 2 aliphatic heterocycles. The van der Waals surface area contributed by atoms with E-state index in [9.17, 15) is 22.7 Å². The predicted octanol–water partition coefficient (Wildman–Crippen LogP) is 1.58. The van der Waals surface area contributed by atoms with E-state index in [4.69, 9.17) is 4.74 Å². The number of nitrogens with one attached hydrogen (secondary N) is 1. The highest BCUT2D eigenvalue weighted by molar-refractivity contribution is 5.30. The van der Waals surface area contributed by atoms with Crippen molar-refractivity contribution in [2.75, 3.05) is 13.2 Å². The molecule has 110 valence electrons. The summed E-state index contributed by atoms with van der Waals surface area (Å²) in [6.45, 7) is 0.555. The van der Waals surface area contributed by atoms with Crippen LogP contribution in [0.3, 0.4) is 0 Å². The van der Waals surface area contributed by atoms with Gasteiger partial charge in [0.25, 0.3) is 0 Å². The number of hydrogen-bond donors (Lipinski definition) is 2. The van der Waals surface area contributed by atoms with E-state index in [0.29, 0.717) is 0 Å². The van der Waals surface area contributed by atoms with Crippen molar-refractivity contribution in [3.63, 3.8) is 0 Å². The normalized spacial score (nSPS) is 33.2. The van der Waals surface area contributed by atoms with E-state index < -0.39 is 34.4 Å². The zero-order valence-corrected chi connectivity index (χ0v) is 10.4. The van der Waals surface area contributed by atoms with Gasteiger partial charge < -0.3 is 15.2 Å². The number of hydrogen-bond acceptors (Lipinski definition) is 3. The Hall–Kier alpha value is -1.18. The van der Waals surface area contributed by atoms with Gasteiger partial charge in [-0.25, -0.2) is 17.6 Å². The first-order valence-corrected chi connectivity index (χ1v) is 6.30. The molecular weight excluding hydrogens is 278 g/mol. The molecule has 1 aromatic rings. The van der Waals surface area contributed by atoms with Crippen LogP contribution in [-0.2, 0) is 10.3 Å². The molecule has 7 heteroatoms. The van der Waals surface area contributed by atoms with Crippen LogP contribution in [0.25, 0.3) is 0 Å². The zero-order valence-electron chi connectivity index (χ0n) is 10.4. The van der Waals surface area contributed by atoms with Crippen molar-refractivity contribution in [3.05, 3.63) is 34.9 Å². The maximum absolute atomic E-state index is 13.9. The summed E-state index contributed by atoms with van der Waals surface area (Å²) in [5.41, 5.74) is -2.87. The van der Waals surface area contributed by atoms with Gasteiger partial charge in [0.05, 0.1) is 24.4 Å². The average Bonchev–Trinajstić information content (AvgIpc) is 2.36. The molecule has 0 aromatic heterocycles. The van der Waals surface area contributed by atoms with E-state index in [1.54, 1.807) is 0 Å². The van der Waals surface area contributed by atoms with Crippen molar-refractivity contribution in [1.82, 2.24) is 5.32 Å². The Balaban J connectivity index is 2.08. The fourth-order valence-electron chi connectivity index (χ4n) is 3.10. The predicted molar refractivity (Wildman–Crippen MR) is 60.9 cm³/mol. The van der Waals surface area contributed by atoms with Gasteiger partial charge in [0.1, 0.15) is 0 Å². The maximum atomic E-state index is 13.9. The van der Waals surface area contributed by atoms with E-state index in [1.807, 2.05) is 0 Å². The molecule has 2 atom stereocenters. The summed E-state index contributed by atoms with van der Waals surface area (Å²) in [6.07, 6.45) is -0.138. The number of halogens is 4. The number of rotatable bonds is 1. The quantitative estimate of drug-likeness (QED) is 0.610. The van der Waals surface area contributed by atoms with Gasteiger partial charge in [0, 0.05) is 18.2 Å². The van der Waals surface area contributed by atoms with Crippen LogP contribution in [0.5, 0.6) is 0 Å². The second-order valence-corrected chi connectivity index (χ2v) is 5.38. The molecule has 0 saturated carbocycles. The molecule has 1 aromatic carbocycles. The van der Waals surface area contributed by atoms with Crippen molar-refractivity contribution < 1.29 is 27.4 Å². The average molecular weight is 291 g/mol. The van der Waals surface area contributed by atoms with E-state index in [1.165, 1.54) is 0 Å². The van der Waals surface area contributed by atoms with Gasteiger partial charge in [-0.3, -0.25) is 0 Å². The molecule has 2 N–H and O–H groups in total. The molecule has 2 fully saturated rings. The second-order valence-electron chi connectivity index (χ2n) is 5.38. The van der Waals surface area contributed by atoms with Crippen molar-refractivity contribution in [1.29, 1.82) is 0 Å². The summed E-state index contributed by atoms with van der Waals surface area (Å²) >= 11 is 0. The fourth-order valence-corrected chi connectivity index (χ4v) is 3.10. The van der Waals surface area contributed by atoms with Gasteiger partial charge in [-0.05, 0) is 12.8 Å². The third-order valence-electron chi connectivity index (χ3n) is 3.85. The highest BCUT2D eigenvalue weighted by atomic mass is 19.2. The molecule has 2 saturated heterocycles. The SMILES string of the molecule is OC1(c2c(F)c(F)cc(F)c2F)CC2COCC(C1)N2. The van der Waals surface area contributed by atoms with Crippen molar-refractivity contribution in [2.24, 2.45) is 0 Å². The zero-order chi connectivity index (χ0) is 14.5. The molecule has 2 heterocycles. The van der Waals surface area contributed by atoms with Crippen LogP contribution in [0.1, 0.15) is 18.4 Å². The highest BCUT2D eigenvalue weighted by Crippen LogP contribution is 2.40. The molecule has 0 amide bonds. The Morgan fingerprint density at radius 3 is 2.05 bits per heavy atom. The molecule has 3 rings (SSSR count). The molecule has 0 spiro atoms. The fraction of sp³-hybridized carbons (Fsp3) is 0.538. The number of benzene rings is 1. The first kappa shape index (κ1) is 13.8. The lowest BCUT2D eigenvalue weighted by molar-refractivity contribution is -0.0839. The molecule has 0 aliphatic carbocycles. The summed E-state index contributed by atoms with van der Waals surface area (Å²) in [7, 11) is 0. The Labute approximate surface area is 112 Å². The number of morpholine rings is 1. The summed E-state index contributed by atoms with van der Waals surface area (Å²) in [4.78, 5) is 0. The Morgan fingerprint density at radius 2 is 1.55 bits per heavy atom. The van der Waals surface area contributed by atoms with Crippen LogP contribution in [0.2, 0.25) is 0 Å². The first-order chi connectivity index (χ1) is 9.40. The Kier molecular flexibility index (Phi) is 3.23. The van der Waals surface area contributed by atoms with Gasteiger partial charge in [0.2, 0.25) is 0 Å². The van der Waals surface area contributed by atoms with E-state index in [0.717, 1.165) is 0 Å². The van der Waals surface area contributed by atoms with Gasteiger partial charge in [-0.15, -0.1) is 0 Å². The van der Waals surface area contributed by atoms with Gasteiger partial charge >= 0.3 is 0 Å². The molecule has 20 heavy (non-hydrogen) atoms. The van der Waals surface area contributed by atoms with Crippen molar-refractivity contribution >= 4 is 0 Å². The topological polar surface area (TPSA) is 41.5 Å². The van der Waals surface area contributed by atoms with Gasteiger partial charge in [0.15, 0.2) is 23.3 Å². The van der Waals surface area contributed by atoms with Crippen LogP contribution in [-0.4, -0.2) is 30.4 Å². The van der Waals surface area contributed by atoms with Gasteiger partial charge in [-0.2, -0.15) is 0 Å². The van der Waals surface area contributed by atoms with Crippen molar-refractivity contribution in [2.45, 2.75) is 30.5 Å². The highest BCUT2D eigenvalue weighted by Gasteiger charge is 2.46. The summed E-state index contributed by atoms with van der Waals surface area (Å²) < 4.78 is 59.6. The molecule has 2 bridgehead atoms. The molecular formula is C13H13F4NO2. The lowest BCUT2D eigenvalue weighted by atomic mass is 9.77. The summed E-state index contributed by atoms with van der Waals surface area (Å²) in [5, 5.41) is 13.7. The van der Waals surface area contributed by atoms with E-state index >= 15 is 0 Å².